The maximum Gasteiger partial charge on any atom is 0.534 e. The van der Waals surface area contributed by atoms with Gasteiger partial charge in [0.05, 0.1) is 11.5 Å². The van der Waals surface area contributed by atoms with Crippen molar-refractivity contribution in [2.75, 3.05) is 13.6 Å². The van der Waals surface area contributed by atoms with Crippen LogP contribution in [-0.4, -0.2) is 49.7 Å². The fourth-order valence-corrected chi connectivity index (χ4v) is 4.61. The summed E-state index contributed by atoms with van der Waals surface area (Å²) in [5.41, 5.74) is -4.68. The first-order valence-corrected chi connectivity index (χ1v) is 9.84. The molecule has 3 aliphatic rings. The van der Waals surface area contributed by atoms with E-state index in [1.165, 1.54) is 6.07 Å². The third-order valence-electron chi connectivity index (χ3n) is 5.41. The van der Waals surface area contributed by atoms with Gasteiger partial charge in [0.2, 0.25) is 0 Å². The van der Waals surface area contributed by atoms with E-state index >= 15 is 0 Å². The molecule has 10 heteroatoms. The molecule has 1 N–H and O–H groups in total. The van der Waals surface area contributed by atoms with E-state index in [-0.39, 0.29) is 12.2 Å². The van der Waals surface area contributed by atoms with Crippen molar-refractivity contribution in [3.05, 3.63) is 35.4 Å². The third kappa shape index (κ3) is 2.81. The Labute approximate surface area is 154 Å². The van der Waals surface area contributed by atoms with Crippen molar-refractivity contribution in [2.24, 2.45) is 0 Å². The Morgan fingerprint density at radius 1 is 1.37 bits per heavy atom. The second-order valence-corrected chi connectivity index (χ2v) is 8.74. The van der Waals surface area contributed by atoms with Crippen molar-refractivity contribution in [3.63, 3.8) is 0 Å². The van der Waals surface area contributed by atoms with Crippen molar-refractivity contribution in [2.45, 2.75) is 42.5 Å². The van der Waals surface area contributed by atoms with Gasteiger partial charge in [-0.3, -0.25) is 0 Å². The highest BCUT2D eigenvalue weighted by molar-refractivity contribution is 7.88. The normalized spacial score (nSPS) is 30.3. The summed E-state index contributed by atoms with van der Waals surface area (Å²) >= 11 is 0. The zero-order valence-corrected chi connectivity index (χ0v) is 15.2. The predicted octanol–water partition coefficient (Wildman–Crippen LogP) is 2.07. The monoisotopic (exact) mass is 405 g/mol. The van der Waals surface area contributed by atoms with Crippen LogP contribution in [0.5, 0.6) is 11.5 Å². The average Bonchev–Trinajstić information content (AvgIpc) is 2.81. The molecule has 2 heterocycles. The number of benzene rings is 1. The largest absolute Gasteiger partial charge is 0.534 e. The van der Waals surface area contributed by atoms with Gasteiger partial charge in [-0.05, 0) is 31.6 Å². The Bertz CT molecular complexity index is 914. The van der Waals surface area contributed by atoms with E-state index in [0.717, 1.165) is 5.56 Å². The smallest absolute Gasteiger partial charge is 0.485 e. The van der Waals surface area contributed by atoms with Crippen LogP contribution in [0.15, 0.2) is 24.3 Å². The third-order valence-corrected chi connectivity index (χ3v) is 6.38. The minimum absolute atomic E-state index is 0.0133. The zero-order valence-electron chi connectivity index (χ0n) is 14.4. The fourth-order valence-electron chi connectivity index (χ4n) is 4.15. The molecule has 0 bridgehead atoms. The lowest BCUT2D eigenvalue weighted by molar-refractivity contribution is -0.0500. The van der Waals surface area contributed by atoms with Crippen LogP contribution in [0.2, 0.25) is 0 Å². The second-order valence-electron chi connectivity index (χ2n) is 7.21. The van der Waals surface area contributed by atoms with Gasteiger partial charge in [0.1, 0.15) is 6.10 Å². The number of alkyl halides is 3. The topological polar surface area (TPSA) is 76.1 Å². The number of hydrogen-bond donors (Lipinski definition) is 1. The minimum Gasteiger partial charge on any atom is -0.485 e. The summed E-state index contributed by atoms with van der Waals surface area (Å²) in [6, 6.07) is 2.77. The van der Waals surface area contributed by atoms with E-state index < -0.39 is 39.0 Å². The maximum atomic E-state index is 12.8. The quantitative estimate of drug-likeness (QED) is 0.461. The Hall–Kier alpha value is -1.78. The van der Waals surface area contributed by atoms with Gasteiger partial charge >= 0.3 is 15.6 Å². The van der Waals surface area contributed by atoms with Crippen molar-refractivity contribution >= 4 is 10.1 Å². The van der Waals surface area contributed by atoms with Crippen LogP contribution in [0, 0.1) is 0 Å². The SMILES string of the molecule is CN1CC[C@@]23C=C[C@H](O)C[C@@H]2Oc2c(OS(=O)(=O)C(F)(F)F)ccc(c23)C1. The molecule has 0 unspecified atom stereocenters. The summed E-state index contributed by atoms with van der Waals surface area (Å²) in [5.74, 6) is -0.466. The van der Waals surface area contributed by atoms with Crippen LogP contribution >= 0.6 is 0 Å². The Morgan fingerprint density at radius 2 is 2.11 bits per heavy atom. The molecule has 0 fully saturated rings. The van der Waals surface area contributed by atoms with Gasteiger partial charge in [0.25, 0.3) is 0 Å². The number of aliphatic hydroxyl groups is 1. The molecule has 0 radical (unpaired) electrons. The van der Waals surface area contributed by atoms with Gasteiger partial charge in [0.15, 0.2) is 11.5 Å². The van der Waals surface area contributed by atoms with Gasteiger partial charge in [0, 0.05) is 18.5 Å². The molecule has 1 aliphatic carbocycles. The van der Waals surface area contributed by atoms with Gasteiger partial charge < -0.3 is 18.9 Å². The fraction of sp³-hybridized carbons (Fsp3) is 0.529. The van der Waals surface area contributed by atoms with Crippen LogP contribution in [0.25, 0.3) is 0 Å². The number of aliphatic hydroxyl groups excluding tert-OH is 1. The molecular weight excluding hydrogens is 387 g/mol. The van der Waals surface area contributed by atoms with E-state index in [0.29, 0.717) is 25.1 Å². The van der Waals surface area contributed by atoms with Crippen molar-refractivity contribution in [1.29, 1.82) is 0 Å². The van der Waals surface area contributed by atoms with Gasteiger partial charge in [-0.2, -0.15) is 21.6 Å². The lowest BCUT2D eigenvalue weighted by Crippen LogP contribution is -2.42. The number of nitrogens with zero attached hydrogens (tertiary/aromatic N) is 1. The molecule has 4 rings (SSSR count). The molecule has 6 nitrogen and oxygen atoms in total. The summed E-state index contributed by atoms with van der Waals surface area (Å²) in [4.78, 5) is 2.08. The van der Waals surface area contributed by atoms with Gasteiger partial charge in [-0.15, -0.1) is 0 Å². The predicted molar refractivity (Wildman–Crippen MR) is 88.9 cm³/mol. The van der Waals surface area contributed by atoms with Crippen LogP contribution in [-0.2, 0) is 22.1 Å². The number of hydrogen-bond acceptors (Lipinski definition) is 6. The highest BCUT2D eigenvalue weighted by Crippen LogP contribution is 2.56. The molecule has 148 valence electrons. The molecule has 1 aromatic carbocycles. The summed E-state index contributed by atoms with van der Waals surface area (Å²) in [7, 11) is -3.88. The van der Waals surface area contributed by atoms with Crippen molar-refractivity contribution in [1.82, 2.24) is 4.90 Å². The average molecular weight is 405 g/mol. The molecule has 2 aliphatic heterocycles. The van der Waals surface area contributed by atoms with Crippen LogP contribution in [0.1, 0.15) is 24.0 Å². The summed E-state index contributed by atoms with van der Waals surface area (Å²) < 4.78 is 71.6. The van der Waals surface area contributed by atoms with Gasteiger partial charge in [-0.1, -0.05) is 18.2 Å². The standard InChI is InChI=1S/C17H18F3NO5S/c1-21-7-6-16-5-4-11(22)8-13(16)25-15-12(3-2-10(9-21)14(15)16)26-27(23,24)17(18,19)20/h2-5,11,13,22H,6-9H2,1H3/t11-,13-,16-/m0/s1. The van der Waals surface area contributed by atoms with E-state index in [1.54, 1.807) is 12.1 Å². The Kier molecular flexibility index (Phi) is 4.03. The Morgan fingerprint density at radius 3 is 2.81 bits per heavy atom. The Balaban J connectivity index is 1.87. The van der Waals surface area contributed by atoms with Crippen molar-refractivity contribution < 1.29 is 35.6 Å². The maximum absolute atomic E-state index is 12.8. The number of rotatable bonds is 2. The molecule has 3 atom stereocenters. The van der Waals surface area contributed by atoms with Crippen LogP contribution in [0.4, 0.5) is 13.2 Å². The highest BCUT2D eigenvalue weighted by atomic mass is 32.2. The molecule has 0 saturated heterocycles. The number of ether oxygens (including phenoxy) is 1. The van der Waals surface area contributed by atoms with E-state index in [2.05, 4.69) is 9.08 Å². The highest BCUT2D eigenvalue weighted by Gasteiger charge is 2.54. The molecule has 27 heavy (non-hydrogen) atoms. The van der Waals surface area contributed by atoms with E-state index in [9.17, 15) is 26.7 Å². The van der Waals surface area contributed by atoms with Crippen molar-refractivity contribution in [3.8, 4) is 11.5 Å². The summed E-state index contributed by atoms with van der Waals surface area (Å²) in [6.07, 6.45) is 3.15. The molecule has 0 aromatic heterocycles. The summed E-state index contributed by atoms with van der Waals surface area (Å²) in [5, 5.41) is 9.96. The van der Waals surface area contributed by atoms with Crippen LogP contribution in [0.3, 0.4) is 0 Å². The lowest BCUT2D eigenvalue weighted by Gasteiger charge is -2.35. The van der Waals surface area contributed by atoms with E-state index in [1.807, 2.05) is 13.1 Å². The molecular formula is C17H18F3NO5S. The zero-order chi connectivity index (χ0) is 19.6. The molecule has 1 aromatic rings. The van der Waals surface area contributed by atoms with Gasteiger partial charge in [-0.25, -0.2) is 0 Å². The molecule has 0 saturated carbocycles. The first-order valence-electron chi connectivity index (χ1n) is 8.43. The first kappa shape index (κ1) is 18.6. The van der Waals surface area contributed by atoms with E-state index in [4.69, 9.17) is 4.74 Å². The first-order chi connectivity index (χ1) is 12.5. The molecule has 1 spiro atoms. The molecule has 0 amide bonds. The minimum atomic E-state index is -5.81. The number of halogens is 3. The lowest BCUT2D eigenvalue weighted by atomic mass is 9.69. The summed E-state index contributed by atoms with van der Waals surface area (Å²) in [6.45, 7) is 1.26. The second kappa shape index (κ2) is 5.86. The van der Waals surface area contributed by atoms with Crippen LogP contribution < -0.4 is 8.92 Å².